The number of benzene rings is 1. The highest BCUT2D eigenvalue weighted by molar-refractivity contribution is 5.98. The molecule has 17 heavy (non-hydrogen) atoms. The fraction of sp³-hybridized carbons (Fsp3) is 0.231. The monoisotopic (exact) mass is 233 g/mol. The van der Waals surface area contributed by atoms with Crippen LogP contribution in [0.25, 0.3) is 0 Å². The summed E-state index contributed by atoms with van der Waals surface area (Å²) in [5.74, 6) is -1.18. The van der Waals surface area contributed by atoms with Gasteiger partial charge in [0.05, 0.1) is 5.41 Å². The number of aliphatic carboxylic acids is 1. The van der Waals surface area contributed by atoms with E-state index in [2.05, 4.69) is 11.9 Å². The lowest BCUT2D eigenvalue weighted by Gasteiger charge is -2.19. The lowest BCUT2D eigenvalue weighted by Crippen LogP contribution is -2.28. The van der Waals surface area contributed by atoms with Crippen LogP contribution in [0.4, 0.5) is 5.69 Å². The number of hydrogen-bond donors (Lipinski definition) is 2. The van der Waals surface area contributed by atoms with Crippen molar-refractivity contribution in [3.8, 4) is 0 Å². The van der Waals surface area contributed by atoms with Gasteiger partial charge in [0.25, 0.3) is 0 Å². The van der Waals surface area contributed by atoms with Crippen LogP contribution < -0.4 is 5.32 Å². The van der Waals surface area contributed by atoms with E-state index in [1.807, 2.05) is 0 Å². The number of rotatable bonds is 4. The Balaban J connectivity index is 2.92. The fourth-order valence-corrected chi connectivity index (χ4v) is 1.29. The molecule has 0 spiro atoms. The Labute approximate surface area is 100.0 Å². The van der Waals surface area contributed by atoms with Crippen molar-refractivity contribution in [1.82, 2.24) is 0 Å². The van der Waals surface area contributed by atoms with Gasteiger partial charge in [-0.15, -0.1) is 0 Å². The molecule has 90 valence electrons. The van der Waals surface area contributed by atoms with Crippen LogP contribution >= 0.6 is 0 Å². The first kappa shape index (κ1) is 13.0. The van der Waals surface area contributed by atoms with E-state index in [0.717, 1.165) is 0 Å². The van der Waals surface area contributed by atoms with Gasteiger partial charge in [-0.2, -0.15) is 0 Å². The Hall–Kier alpha value is -2.10. The molecule has 1 amide bonds. The van der Waals surface area contributed by atoms with Crippen molar-refractivity contribution in [2.75, 3.05) is 5.32 Å². The molecule has 0 aliphatic carbocycles. The third-order valence-electron chi connectivity index (χ3n) is 2.59. The zero-order valence-corrected chi connectivity index (χ0v) is 9.86. The lowest BCUT2D eigenvalue weighted by atomic mass is 9.85. The quantitative estimate of drug-likeness (QED) is 0.783. The Morgan fingerprint density at radius 1 is 1.29 bits per heavy atom. The number of hydrogen-bond acceptors (Lipinski definition) is 2. The number of carbonyl (C=O) groups is 2. The molecule has 2 N–H and O–H groups in total. The third-order valence-corrected chi connectivity index (χ3v) is 2.59. The molecule has 1 aromatic rings. The molecule has 0 unspecified atom stereocenters. The molecule has 0 heterocycles. The molecular formula is C13H15NO3. The van der Waals surface area contributed by atoms with E-state index in [1.54, 1.807) is 38.1 Å². The van der Waals surface area contributed by atoms with Gasteiger partial charge in [0.1, 0.15) is 0 Å². The summed E-state index contributed by atoms with van der Waals surface area (Å²) < 4.78 is 0. The SMILES string of the molecule is C=CC(=O)Nc1ccc(C(C)(C)C(=O)O)cc1. The molecule has 1 rings (SSSR count). The average molecular weight is 233 g/mol. The molecule has 0 saturated heterocycles. The smallest absolute Gasteiger partial charge is 0.313 e. The number of carbonyl (C=O) groups excluding carboxylic acids is 1. The predicted octanol–water partition coefficient (Wildman–Crippen LogP) is 2.17. The standard InChI is InChI=1S/C13H15NO3/c1-4-11(15)14-10-7-5-9(6-8-10)13(2,3)12(16)17/h4-8H,1H2,2-3H3,(H,14,15)(H,16,17). The van der Waals surface area contributed by atoms with Crippen molar-refractivity contribution in [3.05, 3.63) is 42.5 Å². The Kier molecular flexibility index (Phi) is 3.68. The second-order valence-electron chi connectivity index (χ2n) is 4.20. The third kappa shape index (κ3) is 2.93. The van der Waals surface area contributed by atoms with Gasteiger partial charge in [-0.25, -0.2) is 0 Å². The van der Waals surface area contributed by atoms with Crippen LogP contribution in [-0.4, -0.2) is 17.0 Å². The predicted molar refractivity (Wildman–Crippen MR) is 65.9 cm³/mol. The summed E-state index contributed by atoms with van der Waals surface area (Å²) in [5, 5.41) is 11.7. The summed E-state index contributed by atoms with van der Waals surface area (Å²) in [6.07, 6.45) is 1.18. The molecule has 0 aromatic heterocycles. The maximum absolute atomic E-state index is 11.0. The maximum Gasteiger partial charge on any atom is 0.313 e. The minimum absolute atomic E-state index is 0.296. The van der Waals surface area contributed by atoms with E-state index in [4.69, 9.17) is 5.11 Å². The second kappa shape index (κ2) is 4.82. The minimum atomic E-state index is -0.943. The number of amides is 1. The molecule has 0 aliphatic rings. The zero-order chi connectivity index (χ0) is 13.1. The lowest BCUT2D eigenvalue weighted by molar-refractivity contribution is -0.142. The first-order chi connectivity index (χ1) is 7.87. The van der Waals surface area contributed by atoms with Gasteiger partial charge in [0.15, 0.2) is 0 Å². The molecule has 0 atom stereocenters. The average Bonchev–Trinajstić information content (AvgIpc) is 2.29. The van der Waals surface area contributed by atoms with Crippen molar-refractivity contribution >= 4 is 17.6 Å². The first-order valence-electron chi connectivity index (χ1n) is 5.15. The van der Waals surface area contributed by atoms with E-state index in [9.17, 15) is 9.59 Å². The van der Waals surface area contributed by atoms with Crippen LogP contribution in [0.2, 0.25) is 0 Å². The highest BCUT2D eigenvalue weighted by atomic mass is 16.4. The van der Waals surface area contributed by atoms with Gasteiger partial charge >= 0.3 is 5.97 Å². The van der Waals surface area contributed by atoms with E-state index < -0.39 is 11.4 Å². The number of anilines is 1. The van der Waals surface area contributed by atoms with Gasteiger partial charge in [0, 0.05) is 5.69 Å². The van der Waals surface area contributed by atoms with Crippen molar-refractivity contribution in [2.45, 2.75) is 19.3 Å². The topological polar surface area (TPSA) is 66.4 Å². The van der Waals surface area contributed by atoms with Gasteiger partial charge in [-0.1, -0.05) is 18.7 Å². The van der Waals surface area contributed by atoms with Crippen molar-refractivity contribution < 1.29 is 14.7 Å². The first-order valence-corrected chi connectivity index (χ1v) is 5.15. The normalized spacial score (nSPS) is 10.7. The van der Waals surface area contributed by atoms with Gasteiger partial charge in [-0.3, -0.25) is 9.59 Å². The Morgan fingerprint density at radius 3 is 2.24 bits per heavy atom. The largest absolute Gasteiger partial charge is 0.481 e. The fourth-order valence-electron chi connectivity index (χ4n) is 1.29. The summed E-state index contributed by atoms with van der Waals surface area (Å²) in [6.45, 7) is 6.61. The molecule has 0 fully saturated rings. The van der Waals surface area contributed by atoms with E-state index in [0.29, 0.717) is 11.3 Å². The van der Waals surface area contributed by atoms with Crippen molar-refractivity contribution in [2.24, 2.45) is 0 Å². The summed E-state index contributed by atoms with van der Waals surface area (Å²) >= 11 is 0. The molecule has 4 heteroatoms. The molecule has 0 aliphatic heterocycles. The van der Waals surface area contributed by atoms with Crippen LogP contribution in [0.5, 0.6) is 0 Å². The Morgan fingerprint density at radius 2 is 1.82 bits per heavy atom. The Bertz CT molecular complexity index is 446. The molecule has 4 nitrogen and oxygen atoms in total. The van der Waals surface area contributed by atoms with Gasteiger partial charge in [-0.05, 0) is 37.6 Å². The molecule has 0 radical (unpaired) electrons. The summed E-state index contributed by atoms with van der Waals surface area (Å²) in [5.41, 5.74) is 0.350. The molecule has 0 saturated carbocycles. The summed E-state index contributed by atoms with van der Waals surface area (Å²) in [7, 11) is 0. The molecule has 0 bridgehead atoms. The highest BCUT2D eigenvalue weighted by Gasteiger charge is 2.29. The van der Waals surface area contributed by atoms with Crippen molar-refractivity contribution in [1.29, 1.82) is 0 Å². The minimum Gasteiger partial charge on any atom is -0.481 e. The van der Waals surface area contributed by atoms with Crippen LogP contribution in [0, 0.1) is 0 Å². The highest BCUT2D eigenvalue weighted by Crippen LogP contribution is 2.24. The van der Waals surface area contributed by atoms with E-state index in [-0.39, 0.29) is 5.91 Å². The van der Waals surface area contributed by atoms with E-state index in [1.165, 1.54) is 6.08 Å². The van der Waals surface area contributed by atoms with Crippen LogP contribution in [0.3, 0.4) is 0 Å². The van der Waals surface area contributed by atoms with Crippen LogP contribution in [-0.2, 0) is 15.0 Å². The van der Waals surface area contributed by atoms with Crippen LogP contribution in [0.1, 0.15) is 19.4 Å². The zero-order valence-electron chi connectivity index (χ0n) is 9.86. The number of carboxylic acids is 1. The summed E-state index contributed by atoms with van der Waals surface area (Å²) in [4.78, 5) is 22.1. The van der Waals surface area contributed by atoms with Crippen LogP contribution in [0.15, 0.2) is 36.9 Å². The second-order valence-corrected chi connectivity index (χ2v) is 4.20. The van der Waals surface area contributed by atoms with Gasteiger partial charge < -0.3 is 10.4 Å². The maximum atomic E-state index is 11.0. The number of carboxylic acid groups (broad SMARTS) is 1. The number of nitrogens with one attached hydrogen (secondary N) is 1. The molecule has 1 aromatic carbocycles. The van der Waals surface area contributed by atoms with Crippen molar-refractivity contribution in [3.63, 3.8) is 0 Å². The summed E-state index contributed by atoms with van der Waals surface area (Å²) in [6, 6.07) is 6.71. The van der Waals surface area contributed by atoms with Gasteiger partial charge in [0.2, 0.25) is 5.91 Å². The molecular weight excluding hydrogens is 218 g/mol. The van der Waals surface area contributed by atoms with E-state index >= 15 is 0 Å².